The minimum absolute atomic E-state index is 0.0272. The lowest BCUT2D eigenvalue weighted by Crippen LogP contribution is -2.00. The van der Waals surface area contributed by atoms with Crippen LogP contribution in [0.15, 0.2) is 38.8 Å². The highest BCUT2D eigenvalue weighted by Crippen LogP contribution is 2.31. The van der Waals surface area contributed by atoms with E-state index in [4.69, 9.17) is 11.5 Å². The van der Waals surface area contributed by atoms with Gasteiger partial charge >= 0.3 is 0 Å². The Morgan fingerprint density at radius 3 is 2.42 bits per heavy atom. The average molecular weight is 339 g/mol. The van der Waals surface area contributed by atoms with Crippen LogP contribution in [-0.2, 0) is 0 Å². The normalized spacial score (nSPS) is 10.4. The van der Waals surface area contributed by atoms with Crippen LogP contribution in [0.3, 0.4) is 0 Å². The van der Waals surface area contributed by atoms with Gasteiger partial charge in [-0.3, -0.25) is 4.79 Å². The summed E-state index contributed by atoms with van der Waals surface area (Å²) in [5, 5.41) is 0.419. The number of halogens is 1. The van der Waals surface area contributed by atoms with E-state index in [1.165, 1.54) is 24.8 Å². The number of hydrogen-bond donors (Lipinski definition) is 2. The van der Waals surface area contributed by atoms with E-state index in [1.807, 2.05) is 12.1 Å². The first kappa shape index (κ1) is 13.8. The molecule has 0 saturated heterocycles. The highest BCUT2D eigenvalue weighted by Gasteiger charge is 2.11. The first-order valence-electron chi connectivity index (χ1n) is 5.34. The van der Waals surface area contributed by atoms with Crippen molar-refractivity contribution in [3.05, 3.63) is 34.3 Å². The standard InChI is InChI=1S/C12H11BrN4OS/c1-6(18)8-4-7(13)2-3-9(8)19-12-16-10(14)5-11(15)17-12/h2-5H,1H3,(H4,14,15,16,17). The molecular weight excluding hydrogens is 328 g/mol. The van der Waals surface area contributed by atoms with Crippen LogP contribution in [0.25, 0.3) is 0 Å². The summed E-state index contributed by atoms with van der Waals surface area (Å²) in [6, 6.07) is 6.93. The van der Waals surface area contributed by atoms with Crippen LogP contribution < -0.4 is 11.5 Å². The maximum Gasteiger partial charge on any atom is 0.196 e. The van der Waals surface area contributed by atoms with Gasteiger partial charge in [0.25, 0.3) is 0 Å². The lowest BCUT2D eigenvalue weighted by molar-refractivity contribution is 0.101. The van der Waals surface area contributed by atoms with Crippen LogP contribution in [0.1, 0.15) is 17.3 Å². The van der Waals surface area contributed by atoms with Crippen molar-refractivity contribution >= 4 is 45.1 Å². The smallest absolute Gasteiger partial charge is 0.196 e. The van der Waals surface area contributed by atoms with Crippen LogP contribution in [0.5, 0.6) is 0 Å². The molecule has 0 aliphatic rings. The van der Waals surface area contributed by atoms with E-state index in [1.54, 1.807) is 6.07 Å². The third-order valence-electron chi connectivity index (χ3n) is 2.27. The third kappa shape index (κ3) is 3.45. The molecule has 0 bridgehead atoms. The van der Waals surface area contributed by atoms with E-state index in [2.05, 4.69) is 25.9 Å². The van der Waals surface area contributed by atoms with Crippen molar-refractivity contribution in [3.63, 3.8) is 0 Å². The van der Waals surface area contributed by atoms with Gasteiger partial charge in [-0.1, -0.05) is 15.9 Å². The molecule has 0 fully saturated rings. The molecule has 7 heteroatoms. The van der Waals surface area contributed by atoms with Crippen molar-refractivity contribution < 1.29 is 4.79 Å². The lowest BCUT2D eigenvalue weighted by Gasteiger charge is -2.07. The molecule has 98 valence electrons. The van der Waals surface area contributed by atoms with Gasteiger partial charge in [-0.05, 0) is 36.9 Å². The van der Waals surface area contributed by atoms with Gasteiger partial charge in [0, 0.05) is 21.0 Å². The Balaban J connectivity index is 2.40. The Labute approximate surface area is 122 Å². The molecule has 1 heterocycles. The molecule has 0 aliphatic carbocycles. The van der Waals surface area contributed by atoms with Crippen LogP contribution >= 0.6 is 27.7 Å². The summed E-state index contributed by atoms with van der Waals surface area (Å²) in [5.41, 5.74) is 11.8. The summed E-state index contributed by atoms with van der Waals surface area (Å²) in [7, 11) is 0. The number of benzene rings is 1. The zero-order valence-corrected chi connectivity index (χ0v) is 12.5. The van der Waals surface area contributed by atoms with Crippen molar-refractivity contribution in [3.8, 4) is 0 Å². The number of anilines is 2. The molecule has 0 spiro atoms. The number of ketones is 1. The van der Waals surface area contributed by atoms with Crippen LogP contribution in [0, 0.1) is 0 Å². The first-order chi connectivity index (χ1) is 8.95. The van der Waals surface area contributed by atoms with Gasteiger partial charge in [-0.2, -0.15) is 0 Å². The van der Waals surface area contributed by atoms with E-state index in [0.717, 1.165) is 9.37 Å². The van der Waals surface area contributed by atoms with Crippen LogP contribution in [-0.4, -0.2) is 15.8 Å². The zero-order chi connectivity index (χ0) is 14.0. The molecule has 0 atom stereocenters. The monoisotopic (exact) mass is 338 g/mol. The SMILES string of the molecule is CC(=O)c1cc(Br)ccc1Sc1nc(N)cc(N)n1. The molecular formula is C12H11BrN4OS. The first-order valence-corrected chi connectivity index (χ1v) is 6.95. The van der Waals surface area contributed by atoms with Crippen LogP contribution in [0.4, 0.5) is 11.6 Å². The summed E-state index contributed by atoms with van der Waals surface area (Å²) in [5.74, 6) is 0.577. The second kappa shape index (κ2) is 5.58. The Bertz CT molecular complexity index is 627. The third-order valence-corrected chi connectivity index (χ3v) is 3.70. The fourth-order valence-electron chi connectivity index (χ4n) is 1.47. The second-order valence-corrected chi connectivity index (χ2v) is 5.72. The van der Waals surface area contributed by atoms with E-state index < -0.39 is 0 Å². The fourth-order valence-corrected chi connectivity index (χ4v) is 2.78. The molecule has 0 radical (unpaired) electrons. The molecule has 2 aromatic rings. The van der Waals surface area contributed by atoms with Gasteiger partial charge in [0.05, 0.1) is 0 Å². The minimum Gasteiger partial charge on any atom is -0.383 e. The Hall–Kier alpha value is -1.60. The quantitative estimate of drug-likeness (QED) is 0.659. The molecule has 19 heavy (non-hydrogen) atoms. The molecule has 2 rings (SSSR count). The number of nitrogens with zero attached hydrogens (tertiary/aromatic N) is 2. The van der Waals surface area contributed by atoms with Crippen molar-refractivity contribution in [2.24, 2.45) is 0 Å². The summed E-state index contributed by atoms with van der Waals surface area (Å²) in [4.78, 5) is 20.5. The largest absolute Gasteiger partial charge is 0.383 e. The molecule has 0 aliphatic heterocycles. The van der Waals surface area contributed by atoms with Gasteiger partial charge in [0.1, 0.15) is 11.6 Å². The Morgan fingerprint density at radius 1 is 1.21 bits per heavy atom. The number of carbonyl (C=O) groups is 1. The second-order valence-electron chi connectivity index (χ2n) is 3.80. The van der Waals surface area contributed by atoms with Gasteiger partial charge in [-0.25, -0.2) is 9.97 Å². The number of nitrogen functional groups attached to an aromatic ring is 2. The predicted octanol–water partition coefficient (Wildman–Crippen LogP) is 2.76. The number of rotatable bonds is 3. The molecule has 0 saturated carbocycles. The predicted molar refractivity (Wildman–Crippen MR) is 79.1 cm³/mol. The maximum atomic E-state index is 11.6. The highest BCUT2D eigenvalue weighted by atomic mass is 79.9. The van der Waals surface area contributed by atoms with Gasteiger partial charge < -0.3 is 11.5 Å². The van der Waals surface area contributed by atoms with Gasteiger partial charge in [0.2, 0.25) is 0 Å². The highest BCUT2D eigenvalue weighted by molar-refractivity contribution is 9.10. The van der Waals surface area contributed by atoms with Gasteiger partial charge in [-0.15, -0.1) is 0 Å². The number of hydrogen-bond acceptors (Lipinski definition) is 6. The van der Waals surface area contributed by atoms with E-state index >= 15 is 0 Å². The molecule has 4 N–H and O–H groups in total. The number of Topliss-reactive ketones (excluding diaryl/α,β-unsaturated/α-hetero) is 1. The van der Waals surface area contributed by atoms with Crippen molar-refractivity contribution in [2.75, 3.05) is 11.5 Å². The van der Waals surface area contributed by atoms with Gasteiger partial charge in [0.15, 0.2) is 10.9 Å². The maximum absolute atomic E-state index is 11.6. The molecule has 5 nitrogen and oxygen atoms in total. The Kier molecular flexibility index (Phi) is 4.06. The Morgan fingerprint density at radius 2 is 1.84 bits per heavy atom. The summed E-state index contributed by atoms with van der Waals surface area (Å²) >= 11 is 4.60. The lowest BCUT2D eigenvalue weighted by atomic mass is 10.1. The number of carbonyl (C=O) groups excluding carboxylic acids is 1. The fraction of sp³-hybridized carbons (Fsp3) is 0.0833. The summed E-state index contributed by atoms with van der Waals surface area (Å²) in [6.45, 7) is 1.51. The molecule has 1 aromatic carbocycles. The van der Waals surface area contributed by atoms with E-state index in [-0.39, 0.29) is 5.78 Å². The van der Waals surface area contributed by atoms with Crippen LogP contribution in [0.2, 0.25) is 0 Å². The number of aromatic nitrogens is 2. The topological polar surface area (TPSA) is 94.9 Å². The zero-order valence-electron chi connectivity index (χ0n) is 10.1. The molecule has 0 unspecified atom stereocenters. The molecule has 0 amide bonds. The van der Waals surface area contributed by atoms with E-state index in [9.17, 15) is 4.79 Å². The number of nitrogens with two attached hydrogens (primary N) is 2. The molecule has 1 aromatic heterocycles. The van der Waals surface area contributed by atoms with Crippen molar-refractivity contribution in [1.29, 1.82) is 0 Å². The van der Waals surface area contributed by atoms with E-state index in [0.29, 0.717) is 22.4 Å². The summed E-state index contributed by atoms with van der Waals surface area (Å²) in [6.07, 6.45) is 0. The van der Waals surface area contributed by atoms with Crippen molar-refractivity contribution in [1.82, 2.24) is 9.97 Å². The minimum atomic E-state index is -0.0272. The average Bonchev–Trinajstić information content (AvgIpc) is 2.30. The van der Waals surface area contributed by atoms with Crippen molar-refractivity contribution in [2.45, 2.75) is 17.0 Å². The summed E-state index contributed by atoms with van der Waals surface area (Å²) < 4.78 is 0.843.